The van der Waals surface area contributed by atoms with Crippen LogP contribution in [0.25, 0.3) is 0 Å². The maximum absolute atomic E-state index is 9.78. The molecule has 0 aromatic carbocycles. The molecular weight excluding hydrogens is 296 g/mol. The third kappa shape index (κ3) is 14.6. The molecule has 0 rings (SSSR count). The van der Waals surface area contributed by atoms with Gasteiger partial charge in [-0.05, 0) is 6.42 Å². The number of rotatable bonds is 15. The van der Waals surface area contributed by atoms with Gasteiger partial charge in [-0.15, -0.1) is 0 Å². The first kappa shape index (κ1) is 23.2. The molecule has 0 bridgehead atoms. The number of hydrogen-bond acceptors (Lipinski definition) is 7. The average molecular weight is 328 g/mol. The molecule has 0 aliphatic heterocycles. The Morgan fingerprint density at radius 3 is 1.57 bits per heavy atom. The van der Waals surface area contributed by atoms with Crippen molar-refractivity contribution in [2.24, 2.45) is 0 Å². The van der Waals surface area contributed by atoms with Crippen LogP contribution in [0, 0.1) is 0 Å². The molecule has 1 N–H and O–H groups in total. The van der Waals surface area contributed by atoms with Crippen LogP contribution in [0.4, 0.5) is 0 Å². The summed E-state index contributed by atoms with van der Waals surface area (Å²) in [6.45, 7) is 3.90. The SMILES string of the molecule is C.COCCOCCOCCOCCC[Si](O)(OC)OC. The van der Waals surface area contributed by atoms with Crippen LogP contribution >= 0.6 is 0 Å². The van der Waals surface area contributed by atoms with E-state index in [9.17, 15) is 4.80 Å². The standard InChI is InChI=1S/C12H28O7Si.CH4/c1-14-6-7-18-10-11-19-9-8-17-5-4-12-20(13,15-2)16-3;/h13H,4-12H2,1-3H3;1H4. The Morgan fingerprint density at radius 1 is 0.714 bits per heavy atom. The molecule has 0 aliphatic carbocycles. The molecule has 0 radical (unpaired) electrons. The molecule has 0 spiro atoms. The first-order chi connectivity index (χ1) is 9.68. The fourth-order valence-corrected chi connectivity index (χ4v) is 2.54. The number of methoxy groups -OCH3 is 1. The molecule has 130 valence electrons. The highest BCUT2D eigenvalue weighted by atomic mass is 28.4. The molecule has 0 amide bonds. The number of hydrogen-bond donors (Lipinski definition) is 1. The molecule has 0 heterocycles. The molecule has 0 saturated carbocycles. The monoisotopic (exact) mass is 328 g/mol. The van der Waals surface area contributed by atoms with E-state index in [1.165, 1.54) is 14.2 Å². The molecule has 0 aromatic heterocycles. The minimum atomic E-state index is -2.93. The van der Waals surface area contributed by atoms with Crippen LogP contribution < -0.4 is 0 Å². The fourth-order valence-electron chi connectivity index (χ4n) is 1.37. The summed E-state index contributed by atoms with van der Waals surface area (Å²) in [5, 5.41) is 0. The molecule has 7 nitrogen and oxygen atoms in total. The van der Waals surface area contributed by atoms with Crippen molar-refractivity contribution in [3.63, 3.8) is 0 Å². The molecule has 0 unspecified atom stereocenters. The van der Waals surface area contributed by atoms with Gasteiger partial charge in [0.05, 0.1) is 39.6 Å². The Hall–Kier alpha value is -0.0631. The summed E-state index contributed by atoms with van der Waals surface area (Å²) < 4.78 is 30.7. The lowest BCUT2D eigenvalue weighted by molar-refractivity contribution is 0.00339. The van der Waals surface area contributed by atoms with Crippen molar-refractivity contribution >= 4 is 8.80 Å². The van der Waals surface area contributed by atoms with Gasteiger partial charge in [0.1, 0.15) is 0 Å². The molecule has 8 heteroatoms. The van der Waals surface area contributed by atoms with Gasteiger partial charge in [0.2, 0.25) is 0 Å². The summed E-state index contributed by atoms with van der Waals surface area (Å²) in [4.78, 5) is 9.78. The van der Waals surface area contributed by atoms with Gasteiger partial charge in [-0.1, -0.05) is 7.43 Å². The average Bonchev–Trinajstić information content (AvgIpc) is 2.48. The van der Waals surface area contributed by atoms with E-state index < -0.39 is 8.80 Å². The van der Waals surface area contributed by atoms with E-state index in [-0.39, 0.29) is 7.43 Å². The number of ether oxygens (including phenoxy) is 4. The molecule has 21 heavy (non-hydrogen) atoms. The topological polar surface area (TPSA) is 75.6 Å². The second-order valence-corrected chi connectivity index (χ2v) is 6.80. The van der Waals surface area contributed by atoms with Gasteiger partial charge < -0.3 is 32.6 Å². The summed E-state index contributed by atoms with van der Waals surface area (Å²) in [7, 11) is 1.62. The summed E-state index contributed by atoms with van der Waals surface area (Å²) >= 11 is 0. The molecule has 0 saturated heterocycles. The van der Waals surface area contributed by atoms with Gasteiger partial charge in [0, 0.05) is 34.0 Å². The van der Waals surface area contributed by atoms with E-state index in [0.29, 0.717) is 58.7 Å². The van der Waals surface area contributed by atoms with Crippen LogP contribution in [0.1, 0.15) is 13.8 Å². The Morgan fingerprint density at radius 2 is 1.14 bits per heavy atom. The summed E-state index contributed by atoms with van der Waals surface area (Å²) in [6.07, 6.45) is 0.699. The highest BCUT2D eigenvalue weighted by molar-refractivity contribution is 6.59. The third-order valence-electron chi connectivity index (χ3n) is 2.60. The van der Waals surface area contributed by atoms with Crippen molar-refractivity contribution < 1.29 is 32.6 Å². The third-order valence-corrected chi connectivity index (χ3v) is 4.86. The minimum absolute atomic E-state index is 0. The lowest BCUT2D eigenvalue weighted by Gasteiger charge is -2.19. The van der Waals surface area contributed by atoms with Crippen molar-refractivity contribution in [3.8, 4) is 0 Å². The molecule has 0 aromatic rings. The van der Waals surface area contributed by atoms with E-state index >= 15 is 0 Å². The maximum Gasteiger partial charge on any atom is 0.497 e. The predicted octanol–water partition coefficient (Wildman–Crippen LogP) is 0.933. The van der Waals surface area contributed by atoms with Crippen molar-refractivity contribution in [2.75, 3.05) is 67.6 Å². The van der Waals surface area contributed by atoms with Crippen LogP contribution in [0.2, 0.25) is 6.04 Å². The van der Waals surface area contributed by atoms with Crippen LogP contribution in [0.3, 0.4) is 0 Å². The summed E-state index contributed by atoms with van der Waals surface area (Å²) in [6, 6.07) is 0.494. The minimum Gasteiger partial charge on any atom is -0.390 e. The van der Waals surface area contributed by atoms with E-state index in [1.54, 1.807) is 7.11 Å². The van der Waals surface area contributed by atoms with Gasteiger partial charge >= 0.3 is 8.80 Å². The van der Waals surface area contributed by atoms with Crippen molar-refractivity contribution in [1.82, 2.24) is 0 Å². The smallest absolute Gasteiger partial charge is 0.390 e. The molecular formula is C13H32O7Si. The lowest BCUT2D eigenvalue weighted by Crippen LogP contribution is -2.40. The second kappa shape index (κ2) is 16.3. The Balaban J connectivity index is 0. The van der Waals surface area contributed by atoms with Crippen LogP contribution in [-0.4, -0.2) is 81.2 Å². The zero-order valence-electron chi connectivity index (χ0n) is 12.8. The summed E-state index contributed by atoms with van der Waals surface area (Å²) in [5.41, 5.74) is 0. The normalized spacial score (nSPS) is 11.4. The fraction of sp³-hybridized carbons (Fsp3) is 1.00. The van der Waals surface area contributed by atoms with Crippen molar-refractivity contribution in [2.45, 2.75) is 19.9 Å². The van der Waals surface area contributed by atoms with Crippen LogP contribution in [0.5, 0.6) is 0 Å². The van der Waals surface area contributed by atoms with Crippen molar-refractivity contribution in [3.05, 3.63) is 0 Å². The quantitative estimate of drug-likeness (QED) is 0.354. The first-order valence-electron chi connectivity index (χ1n) is 6.73. The van der Waals surface area contributed by atoms with E-state index in [1.807, 2.05) is 0 Å². The van der Waals surface area contributed by atoms with E-state index in [4.69, 9.17) is 27.8 Å². The second-order valence-electron chi connectivity index (χ2n) is 4.05. The van der Waals surface area contributed by atoms with Crippen LogP contribution in [-0.2, 0) is 27.8 Å². The zero-order chi connectivity index (χ0) is 15.1. The largest absolute Gasteiger partial charge is 0.497 e. The first-order valence-corrected chi connectivity index (χ1v) is 8.70. The van der Waals surface area contributed by atoms with Gasteiger partial charge in [0.25, 0.3) is 0 Å². The summed E-state index contributed by atoms with van der Waals surface area (Å²) in [5.74, 6) is 0. The van der Waals surface area contributed by atoms with E-state index in [0.717, 1.165) is 0 Å². The molecule has 0 fully saturated rings. The van der Waals surface area contributed by atoms with Gasteiger partial charge in [-0.3, -0.25) is 0 Å². The van der Waals surface area contributed by atoms with Crippen LogP contribution in [0.15, 0.2) is 0 Å². The predicted molar refractivity (Wildman–Crippen MR) is 82.5 cm³/mol. The zero-order valence-corrected chi connectivity index (χ0v) is 13.8. The van der Waals surface area contributed by atoms with Gasteiger partial charge in [0.15, 0.2) is 0 Å². The van der Waals surface area contributed by atoms with Gasteiger partial charge in [-0.25, -0.2) is 0 Å². The lowest BCUT2D eigenvalue weighted by atomic mass is 10.5. The van der Waals surface area contributed by atoms with E-state index in [2.05, 4.69) is 0 Å². The highest BCUT2D eigenvalue weighted by Crippen LogP contribution is 2.10. The Labute approximate surface area is 129 Å². The molecule has 0 aliphatic rings. The Kier molecular flexibility index (Phi) is 18.0. The maximum atomic E-state index is 9.78. The highest BCUT2D eigenvalue weighted by Gasteiger charge is 2.33. The Bertz CT molecular complexity index is 203. The van der Waals surface area contributed by atoms with Crippen molar-refractivity contribution in [1.29, 1.82) is 0 Å². The van der Waals surface area contributed by atoms with Gasteiger partial charge in [-0.2, -0.15) is 0 Å². The molecule has 0 atom stereocenters.